The predicted molar refractivity (Wildman–Crippen MR) is 142 cm³/mol. The van der Waals surface area contributed by atoms with Gasteiger partial charge in [0.1, 0.15) is 11.5 Å². The van der Waals surface area contributed by atoms with Gasteiger partial charge in [-0.1, -0.05) is 30.3 Å². The summed E-state index contributed by atoms with van der Waals surface area (Å²) in [4.78, 5) is 16.8. The number of carbonyl (C=O) groups is 1. The van der Waals surface area contributed by atoms with Gasteiger partial charge in [0.05, 0.1) is 7.11 Å². The van der Waals surface area contributed by atoms with E-state index in [-0.39, 0.29) is 17.3 Å². The van der Waals surface area contributed by atoms with E-state index in [1.165, 1.54) is 12.7 Å². The lowest BCUT2D eigenvalue weighted by Crippen LogP contribution is -2.63. The number of piperidine rings is 1. The number of hydrogen-bond donors (Lipinski definition) is 2. The van der Waals surface area contributed by atoms with E-state index in [1.54, 1.807) is 12.2 Å². The van der Waals surface area contributed by atoms with E-state index in [0.717, 1.165) is 57.1 Å². The van der Waals surface area contributed by atoms with Crippen molar-refractivity contribution in [3.05, 3.63) is 83.5 Å². The Balaban J connectivity index is 1.21. The van der Waals surface area contributed by atoms with Gasteiger partial charge in [0.15, 0.2) is 0 Å². The van der Waals surface area contributed by atoms with Gasteiger partial charge in [0.2, 0.25) is 5.90 Å². The molecule has 190 valence electrons. The average Bonchev–Trinajstić information content (AvgIpc) is 2.85. The lowest BCUT2D eigenvalue weighted by atomic mass is 9.72. The normalized spacial score (nSPS) is 17.6. The summed E-state index contributed by atoms with van der Waals surface area (Å²) in [5.41, 5.74) is 1.88. The molecule has 2 heterocycles. The SMILES string of the molecule is C=C(/C=C\C(=N/N)OC)NC(=O)N1CC2(CCN(Cc3cccc(Oc4ccc(Cl)cc4)c3)CC2)C1. The number of carbonyl (C=O) groups excluding carboxylic acids is 1. The molecule has 4 rings (SSSR count). The van der Waals surface area contributed by atoms with Gasteiger partial charge in [-0.05, 0) is 74.0 Å². The Morgan fingerprint density at radius 1 is 1.17 bits per heavy atom. The Morgan fingerprint density at radius 3 is 2.56 bits per heavy atom. The first-order chi connectivity index (χ1) is 17.4. The molecule has 0 aliphatic carbocycles. The van der Waals surface area contributed by atoms with Crippen molar-refractivity contribution in [2.75, 3.05) is 33.3 Å². The van der Waals surface area contributed by atoms with Gasteiger partial charge in [-0.3, -0.25) is 4.90 Å². The number of nitrogens with two attached hydrogens (primary N) is 1. The third kappa shape index (κ3) is 6.59. The molecule has 9 heteroatoms. The fraction of sp³-hybridized carbons (Fsp3) is 0.333. The lowest BCUT2D eigenvalue weighted by molar-refractivity contribution is -0.0226. The standard InChI is InChI=1S/C27H32ClN5O3/c1-20(6-11-25(31-29)35-2)30-26(34)33-18-27(19-33)12-14-32(15-13-27)17-21-4-3-5-24(16-21)36-23-9-7-22(28)8-10-23/h3-11,16H,1,12-15,17-19,29H2,2H3,(H,30,34)/b11-6-,31-25+. The molecule has 0 atom stereocenters. The molecule has 0 aromatic heterocycles. The summed E-state index contributed by atoms with van der Waals surface area (Å²) in [5, 5.41) is 6.95. The van der Waals surface area contributed by atoms with Gasteiger partial charge >= 0.3 is 6.03 Å². The van der Waals surface area contributed by atoms with E-state index in [0.29, 0.717) is 10.7 Å². The van der Waals surface area contributed by atoms with E-state index in [4.69, 9.17) is 26.9 Å². The molecule has 0 radical (unpaired) electrons. The van der Waals surface area contributed by atoms with Crippen LogP contribution in [-0.2, 0) is 11.3 Å². The maximum atomic E-state index is 12.5. The summed E-state index contributed by atoms with van der Waals surface area (Å²) in [5.74, 6) is 7.02. The Hall–Kier alpha value is -3.49. The van der Waals surface area contributed by atoms with Gasteiger partial charge in [-0.2, -0.15) is 0 Å². The summed E-state index contributed by atoms with van der Waals surface area (Å²) in [6.07, 6.45) is 5.30. The molecule has 0 bridgehead atoms. The lowest BCUT2D eigenvalue weighted by Gasteiger charge is -2.53. The summed E-state index contributed by atoms with van der Waals surface area (Å²) >= 11 is 5.96. The Morgan fingerprint density at radius 2 is 1.89 bits per heavy atom. The maximum absolute atomic E-state index is 12.5. The molecule has 2 aromatic carbocycles. The highest BCUT2D eigenvalue weighted by molar-refractivity contribution is 6.30. The van der Waals surface area contributed by atoms with Crippen molar-refractivity contribution >= 4 is 23.5 Å². The van der Waals surface area contributed by atoms with E-state index in [1.807, 2.05) is 41.3 Å². The van der Waals surface area contributed by atoms with E-state index >= 15 is 0 Å². The second-order valence-electron chi connectivity index (χ2n) is 9.30. The predicted octanol–water partition coefficient (Wildman–Crippen LogP) is 4.73. The number of methoxy groups -OCH3 is 1. The van der Waals surface area contributed by atoms with E-state index in [9.17, 15) is 4.79 Å². The molecule has 2 aromatic rings. The minimum atomic E-state index is -0.140. The van der Waals surface area contributed by atoms with Crippen LogP contribution in [0.1, 0.15) is 18.4 Å². The molecule has 3 N–H and O–H groups in total. The summed E-state index contributed by atoms with van der Waals surface area (Å²) in [6.45, 7) is 8.26. The first-order valence-corrected chi connectivity index (χ1v) is 12.3. The molecule has 2 aliphatic heterocycles. The van der Waals surface area contributed by atoms with Crippen LogP contribution < -0.4 is 15.9 Å². The zero-order chi connectivity index (χ0) is 25.5. The van der Waals surface area contributed by atoms with Gasteiger partial charge in [0.25, 0.3) is 0 Å². The fourth-order valence-electron chi connectivity index (χ4n) is 4.61. The molecule has 0 saturated carbocycles. The third-order valence-electron chi connectivity index (χ3n) is 6.64. The van der Waals surface area contributed by atoms with Crippen molar-refractivity contribution in [1.82, 2.24) is 15.1 Å². The van der Waals surface area contributed by atoms with Crippen LogP contribution in [0.4, 0.5) is 4.79 Å². The molecule has 2 saturated heterocycles. The molecule has 36 heavy (non-hydrogen) atoms. The number of ether oxygens (including phenoxy) is 2. The number of likely N-dealkylation sites (tertiary alicyclic amines) is 2. The van der Waals surface area contributed by atoms with Crippen LogP contribution in [0.5, 0.6) is 11.5 Å². The number of allylic oxidation sites excluding steroid dienone is 1. The van der Waals surface area contributed by atoms with Crippen molar-refractivity contribution in [2.45, 2.75) is 19.4 Å². The Labute approximate surface area is 217 Å². The van der Waals surface area contributed by atoms with Crippen molar-refractivity contribution < 1.29 is 14.3 Å². The Kier molecular flexibility index (Phi) is 8.18. The number of rotatable bonds is 7. The van der Waals surface area contributed by atoms with E-state index in [2.05, 4.69) is 34.0 Å². The van der Waals surface area contributed by atoms with Crippen LogP contribution in [0.25, 0.3) is 0 Å². The number of halogens is 1. The Bertz CT molecular complexity index is 1130. The molecular weight excluding hydrogens is 478 g/mol. The van der Waals surface area contributed by atoms with Crippen LogP contribution in [0.15, 0.2) is 78.1 Å². The number of benzene rings is 2. The van der Waals surface area contributed by atoms with Gasteiger partial charge in [-0.25, -0.2) is 4.79 Å². The monoisotopic (exact) mass is 509 g/mol. The van der Waals surface area contributed by atoms with Gasteiger partial charge in [-0.15, -0.1) is 5.10 Å². The number of nitrogens with one attached hydrogen (secondary N) is 1. The quantitative estimate of drug-likeness (QED) is 0.185. The number of urea groups is 1. The van der Waals surface area contributed by atoms with Crippen LogP contribution >= 0.6 is 11.6 Å². The average molecular weight is 510 g/mol. The van der Waals surface area contributed by atoms with E-state index < -0.39 is 0 Å². The second-order valence-corrected chi connectivity index (χ2v) is 9.73. The molecule has 0 unspecified atom stereocenters. The summed E-state index contributed by atoms with van der Waals surface area (Å²) in [7, 11) is 1.47. The maximum Gasteiger partial charge on any atom is 0.321 e. The number of nitrogens with zero attached hydrogens (tertiary/aromatic N) is 3. The van der Waals surface area contributed by atoms with Crippen LogP contribution in [0.3, 0.4) is 0 Å². The number of amides is 2. The number of hydrazone groups is 1. The first-order valence-electron chi connectivity index (χ1n) is 11.9. The van der Waals surface area contributed by atoms with Crippen molar-refractivity contribution in [2.24, 2.45) is 16.4 Å². The molecule has 8 nitrogen and oxygen atoms in total. The zero-order valence-corrected chi connectivity index (χ0v) is 21.2. The van der Waals surface area contributed by atoms with Crippen molar-refractivity contribution in [3.8, 4) is 11.5 Å². The van der Waals surface area contributed by atoms with Crippen LogP contribution in [-0.4, -0.2) is 55.0 Å². The fourth-order valence-corrected chi connectivity index (χ4v) is 4.73. The molecule has 2 amide bonds. The van der Waals surface area contributed by atoms with Gasteiger partial charge in [0, 0.05) is 41.8 Å². The first kappa shape index (κ1) is 25.6. The largest absolute Gasteiger partial charge is 0.480 e. The highest BCUT2D eigenvalue weighted by Crippen LogP contribution is 2.40. The minimum absolute atomic E-state index is 0.140. The molecule has 2 aliphatic rings. The van der Waals surface area contributed by atoms with Gasteiger partial charge < -0.3 is 25.5 Å². The van der Waals surface area contributed by atoms with Crippen molar-refractivity contribution in [1.29, 1.82) is 0 Å². The third-order valence-corrected chi connectivity index (χ3v) is 6.89. The zero-order valence-electron chi connectivity index (χ0n) is 20.5. The molecule has 2 fully saturated rings. The molecular formula is C27H32ClN5O3. The summed E-state index contributed by atoms with van der Waals surface area (Å²) < 4.78 is 10.9. The van der Waals surface area contributed by atoms with Crippen molar-refractivity contribution in [3.63, 3.8) is 0 Å². The second kappa shape index (κ2) is 11.5. The van der Waals surface area contributed by atoms with Crippen LogP contribution in [0, 0.1) is 5.41 Å². The van der Waals surface area contributed by atoms with Crippen LogP contribution in [0.2, 0.25) is 5.02 Å². The minimum Gasteiger partial charge on any atom is -0.480 e. The smallest absolute Gasteiger partial charge is 0.321 e. The highest BCUT2D eigenvalue weighted by Gasteiger charge is 2.46. The topological polar surface area (TPSA) is 92.4 Å². The highest BCUT2D eigenvalue weighted by atomic mass is 35.5. The number of hydrogen-bond acceptors (Lipinski definition) is 6. The summed E-state index contributed by atoms with van der Waals surface area (Å²) in [6, 6.07) is 15.4. The molecule has 1 spiro atoms.